The fourth-order valence-electron chi connectivity index (χ4n) is 2.30. The second kappa shape index (κ2) is 4.94. The van der Waals surface area contributed by atoms with E-state index in [-0.39, 0.29) is 0 Å². The maximum Gasteiger partial charge on any atom is 0.174 e. The minimum atomic E-state index is 0.497. The molecule has 2 heterocycles. The van der Waals surface area contributed by atoms with Gasteiger partial charge in [-0.25, -0.2) is 0 Å². The quantitative estimate of drug-likeness (QED) is 0.828. The van der Waals surface area contributed by atoms with Gasteiger partial charge in [0.1, 0.15) is 0 Å². The van der Waals surface area contributed by atoms with Crippen LogP contribution in [0.15, 0.2) is 36.4 Å². The topological polar surface area (TPSA) is 29.0 Å². The first kappa shape index (κ1) is 11.5. The Kier molecular flexibility index (Phi) is 3.15. The standard InChI is InChI=1S/C14H14ClN3/c15-14-13(18-8-4-5-9-18)10-12(16-17-14)11-6-2-1-3-7-11/h1-3,6-7,10H,4-5,8-9H2. The van der Waals surface area contributed by atoms with Crippen LogP contribution in [0, 0.1) is 0 Å². The van der Waals surface area contributed by atoms with Crippen molar-refractivity contribution in [2.45, 2.75) is 12.8 Å². The molecule has 0 atom stereocenters. The molecule has 1 aliphatic heterocycles. The Bertz CT molecular complexity index is 536. The molecule has 1 aliphatic rings. The summed E-state index contributed by atoms with van der Waals surface area (Å²) in [6, 6.07) is 12.1. The molecule has 0 spiro atoms. The highest BCUT2D eigenvalue weighted by Crippen LogP contribution is 2.29. The van der Waals surface area contributed by atoms with E-state index in [4.69, 9.17) is 11.6 Å². The van der Waals surface area contributed by atoms with E-state index in [9.17, 15) is 0 Å². The number of aromatic nitrogens is 2. The third-order valence-corrected chi connectivity index (χ3v) is 3.52. The van der Waals surface area contributed by atoms with Crippen LogP contribution in [0.4, 0.5) is 5.69 Å². The summed E-state index contributed by atoms with van der Waals surface area (Å²) >= 11 is 6.15. The van der Waals surface area contributed by atoms with Crippen LogP contribution in [0.5, 0.6) is 0 Å². The molecular weight excluding hydrogens is 246 g/mol. The van der Waals surface area contributed by atoms with Crippen molar-refractivity contribution in [3.63, 3.8) is 0 Å². The highest BCUT2D eigenvalue weighted by atomic mass is 35.5. The molecule has 0 saturated carbocycles. The molecule has 4 heteroatoms. The molecule has 0 N–H and O–H groups in total. The summed E-state index contributed by atoms with van der Waals surface area (Å²) in [7, 11) is 0. The molecular formula is C14H14ClN3. The largest absolute Gasteiger partial charge is 0.369 e. The number of halogens is 1. The Morgan fingerprint density at radius 3 is 2.44 bits per heavy atom. The predicted molar refractivity (Wildman–Crippen MR) is 73.9 cm³/mol. The summed E-state index contributed by atoms with van der Waals surface area (Å²) in [6.45, 7) is 2.11. The zero-order valence-electron chi connectivity index (χ0n) is 10.0. The smallest absolute Gasteiger partial charge is 0.174 e. The van der Waals surface area contributed by atoms with Gasteiger partial charge in [-0.1, -0.05) is 41.9 Å². The van der Waals surface area contributed by atoms with Gasteiger partial charge in [0.15, 0.2) is 5.15 Å². The predicted octanol–water partition coefficient (Wildman–Crippen LogP) is 3.40. The first-order valence-electron chi connectivity index (χ1n) is 6.18. The number of hydrogen-bond donors (Lipinski definition) is 0. The van der Waals surface area contributed by atoms with Gasteiger partial charge in [-0.15, -0.1) is 10.2 Å². The van der Waals surface area contributed by atoms with Crippen molar-refractivity contribution >= 4 is 17.3 Å². The van der Waals surface area contributed by atoms with E-state index in [1.54, 1.807) is 0 Å². The summed E-state index contributed by atoms with van der Waals surface area (Å²) in [4.78, 5) is 2.28. The summed E-state index contributed by atoms with van der Waals surface area (Å²) < 4.78 is 0. The summed E-state index contributed by atoms with van der Waals surface area (Å²) in [5, 5.41) is 8.74. The Balaban J connectivity index is 2.00. The lowest BCUT2D eigenvalue weighted by Crippen LogP contribution is -2.18. The molecule has 0 aliphatic carbocycles. The molecule has 0 unspecified atom stereocenters. The van der Waals surface area contributed by atoms with Crippen LogP contribution in [-0.2, 0) is 0 Å². The molecule has 1 aromatic heterocycles. The van der Waals surface area contributed by atoms with Gasteiger partial charge < -0.3 is 4.90 Å². The van der Waals surface area contributed by atoms with Crippen LogP contribution in [0.1, 0.15) is 12.8 Å². The summed E-state index contributed by atoms with van der Waals surface area (Å²) in [6.07, 6.45) is 2.44. The Hall–Kier alpha value is -1.61. The summed E-state index contributed by atoms with van der Waals surface area (Å²) in [5.41, 5.74) is 2.95. The third-order valence-electron chi connectivity index (χ3n) is 3.25. The van der Waals surface area contributed by atoms with E-state index in [0.29, 0.717) is 5.15 Å². The van der Waals surface area contributed by atoms with Crippen LogP contribution >= 0.6 is 11.6 Å². The van der Waals surface area contributed by atoms with Crippen molar-refractivity contribution in [1.29, 1.82) is 0 Å². The first-order valence-corrected chi connectivity index (χ1v) is 6.56. The molecule has 92 valence electrons. The molecule has 0 amide bonds. The highest BCUT2D eigenvalue weighted by Gasteiger charge is 2.17. The number of anilines is 1. The molecule has 18 heavy (non-hydrogen) atoms. The molecule has 0 bridgehead atoms. The first-order chi connectivity index (χ1) is 8.84. The van der Waals surface area contributed by atoms with E-state index in [1.807, 2.05) is 36.4 Å². The molecule has 1 aromatic carbocycles. The fraction of sp³-hybridized carbons (Fsp3) is 0.286. The lowest BCUT2D eigenvalue weighted by molar-refractivity contribution is 0.940. The minimum absolute atomic E-state index is 0.497. The molecule has 1 saturated heterocycles. The molecule has 3 rings (SSSR count). The summed E-state index contributed by atoms with van der Waals surface area (Å²) in [5.74, 6) is 0. The van der Waals surface area contributed by atoms with Crippen molar-refractivity contribution in [3.8, 4) is 11.3 Å². The van der Waals surface area contributed by atoms with Gasteiger partial charge in [-0.3, -0.25) is 0 Å². The van der Waals surface area contributed by atoms with Gasteiger partial charge in [0, 0.05) is 18.7 Å². The average molecular weight is 260 g/mol. The minimum Gasteiger partial charge on any atom is -0.369 e. The zero-order chi connectivity index (χ0) is 12.4. The van der Waals surface area contributed by atoms with Crippen molar-refractivity contribution in [1.82, 2.24) is 10.2 Å². The normalized spacial score (nSPS) is 15.1. The number of benzene rings is 1. The zero-order valence-corrected chi connectivity index (χ0v) is 10.8. The third kappa shape index (κ3) is 2.18. The molecule has 3 nitrogen and oxygen atoms in total. The highest BCUT2D eigenvalue weighted by molar-refractivity contribution is 6.32. The average Bonchev–Trinajstić information content (AvgIpc) is 2.94. The van der Waals surface area contributed by atoms with Gasteiger partial charge in [-0.2, -0.15) is 0 Å². The van der Waals surface area contributed by atoms with Gasteiger partial charge in [0.25, 0.3) is 0 Å². The van der Waals surface area contributed by atoms with E-state index < -0.39 is 0 Å². The number of rotatable bonds is 2. The van der Waals surface area contributed by atoms with E-state index in [2.05, 4.69) is 15.1 Å². The maximum atomic E-state index is 6.15. The fourth-order valence-corrected chi connectivity index (χ4v) is 2.51. The van der Waals surface area contributed by atoms with Crippen LogP contribution < -0.4 is 4.90 Å². The van der Waals surface area contributed by atoms with Gasteiger partial charge in [0.05, 0.1) is 11.4 Å². The van der Waals surface area contributed by atoms with E-state index >= 15 is 0 Å². The maximum absolute atomic E-state index is 6.15. The molecule has 2 aromatic rings. The lowest BCUT2D eigenvalue weighted by atomic mass is 10.1. The van der Waals surface area contributed by atoms with Gasteiger partial charge >= 0.3 is 0 Å². The molecule has 1 fully saturated rings. The SMILES string of the molecule is Clc1nnc(-c2ccccc2)cc1N1CCCC1. The van der Waals surface area contributed by atoms with E-state index in [1.165, 1.54) is 12.8 Å². The van der Waals surface area contributed by atoms with E-state index in [0.717, 1.165) is 30.0 Å². The van der Waals surface area contributed by atoms with Crippen molar-refractivity contribution in [2.24, 2.45) is 0 Å². The lowest BCUT2D eigenvalue weighted by Gasteiger charge is -2.18. The van der Waals surface area contributed by atoms with Crippen molar-refractivity contribution in [2.75, 3.05) is 18.0 Å². The monoisotopic (exact) mass is 259 g/mol. The number of nitrogens with zero attached hydrogens (tertiary/aromatic N) is 3. The Morgan fingerprint density at radius 2 is 1.72 bits per heavy atom. The van der Waals surface area contributed by atoms with Crippen LogP contribution in [-0.4, -0.2) is 23.3 Å². The van der Waals surface area contributed by atoms with Crippen LogP contribution in [0.25, 0.3) is 11.3 Å². The van der Waals surface area contributed by atoms with Gasteiger partial charge in [0.2, 0.25) is 0 Å². The van der Waals surface area contributed by atoms with Gasteiger partial charge in [-0.05, 0) is 18.9 Å². The second-order valence-corrected chi connectivity index (χ2v) is 4.82. The Labute approximate surface area is 111 Å². The Morgan fingerprint density at radius 1 is 1.00 bits per heavy atom. The number of hydrogen-bond acceptors (Lipinski definition) is 3. The van der Waals surface area contributed by atoms with Crippen LogP contribution in [0.2, 0.25) is 5.15 Å². The van der Waals surface area contributed by atoms with Crippen LogP contribution in [0.3, 0.4) is 0 Å². The molecule has 0 radical (unpaired) electrons. The van der Waals surface area contributed by atoms with Crippen molar-refractivity contribution < 1.29 is 0 Å². The second-order valence-electron chi connectivity index (χ2n) is 4.47. The van der Waals surface area contributed by atoms with Crippen molar-refractivity contribution in [3.05, 3.63) is 41.6 Å².